The van der Waals surface area contributed by atoms with Crippen LogP contribution in [0.2, 0.25) is 0 Å². The average molecular weight is 248 g/mol. The molecule has 0 aliphatic carbocycles. The van der Waals surface area contributed by atoms with E-state index in [1.807, 2.05) is 13.0 Å². The number of rotatable bonds is 3. The van der Waals surface area contributed by atoms with Gasteiger partial charge in [0, 0.05) is 17.0 Å². The van der Waals surface area contributed by atoms with Gasteiger partial charge >= 0.3 is 0 Å². The molecule has 0 bridgehead atoms. The monoisotopic (exact) mass is 248 g/mol. The summed E-state index contributed by atoms with van der Waals surface area (Å²) in [5.74, 6) is 0.893. The van der Waals surface area contributed by atoms with Crippen molar-refractivity contribution in [2.24, 2.45) is 5.73 Å². The van der Waals surface area contributed by atoms with Gasteiger partial charge in [-0.15, -0.1) is 0 Å². The van der Waals surface area contributed by atoms with E-state index in [1.165, 1.54) is 17.1 Å². The molecular weight excluding hydrogens is 232 g/mol. The van der Waals surface area contributed by atoms with Crippen molar-refractivity contribution in [3.63, 3.8) is 0 Å². The van der Waals surface area contributed by atoms with E-state index < -0.39 is 0 Å². The maximum Gasteiger partial charge on any atom is 0.131 e. The molecule has 17 heavy (non-hydrogen) atoms. The molecule has 0 atom stereocenters. The number of nitrogens with zero attached hydrogens (tertiary/aromatic N) is 1. The van der Waals surface area contributed by atoms with Crippen LogP contribution in [0, 0.1) is 13.8 Å². The highest BCUT2D eigenvalue weighted by molar-refractivity contribution is 7.06. The zero-order valence-electron chi connectivity index (χ0n) is 10.3. The molecule has 0 aliphatic rings. The molecule has 4 heteroatoms. The number of ether oxygens (including phenoxy) is 1. The van der Waals surface area contributed by atoms with Gasteiger partial charge in [0.15, 0.2) is 0 Å². The van der Waals surface area contributed by atoms with E-state index in [1.54, 1.807) is 7.11 Å². The zero-order valence-corrected chi connectivity index (χ0v) is 11.1. The van der Waals surface area contributed by atoms with Crippen LogP contribution in [0.1, 0.15) is 16.0 Å². The van der Waals surface area contributed by atoms with Crippen LogP contribution in [0.4, 0.5) is 0 Å². The summed E-state index contributed by atoms with van der Waals surface area (Å²) >= 11 is 1.44. The van der Waals surface area contributed by atoms with Crippen molar-refractivity contribution in [3.8, 4) is 17.0 Å². The van der Waals surface area contributed by atoms with Crippen LogP contribution < -0.4 is 10.5 Å². The number of methoxy groups -OCH3 is 1. The van der Waals surface area contributed by atoms with Gasteiger partial charge in [-0.05, 0) is 48.6 Å². The zero-order chi connectivity index (χ0) is 12.4. The molecule has 90 valence electrons. The molecule has 2 rings (SSSR count). The van der Waals surface area contributed by atoms with E-state index in [0.29, 0.717) is 6.54 Å². The molecule has 0 fully saturated rings. The summed E-state index contributed by atoms with van der Waals surface area (Å²) < 4.78 is 9.89. The lowest BCUT2D eigenvalue weighted by Crippen LogP contribution is -1.93. The van der Waals surface area contributed by atoms with Crippen LogP contribution in [0.5, 0.6) is 5.75 Å². The smallest absolute Gasteiger partial charge is 0.131 e. The molecular formula is C13H16N2OS. The number of aryl methyl sites for hydroxylation is 2. The highest BCUT2D eigenvalue weighted by Crippen LogP contribution is 2.34. The number of nitrogens with two attached hydrogens (primary N) is 1. The summed E-state index contributed by atoms with van der Waals surface area (Å²) in [7, 11) is 1.69. The second-order valence-corrected chi connectivity index (χ2v) is 4.93. The van der Waals surface area contributed by atoms with Gasteiger partial charge in [0.1, 0.15) is 5.75 Å². The minimum absolute atomic E-state index is 0.533. The molecule has 2 aromatic rings. The third-order valence-electron chi connectivity index (χ3n) is 2.66. The lowest BCUT2D eigenvalue weighted by atomic mass is 10.0. The van der Waals surface area contributed by atoms with Crippen molar-refractivity contribution in [1.29, 1.82) is 0 Å². The fraction of sp³-hybridized carbons (Fsp3) is 0.308. The third-order valence-corrected chi connectivity index (χ3v) is 3.47. The predicted molar refractivity (Wildman–Crippen MR) is 71.5 cm³/mol. The first-order chi connectivity index (χ1) is 8.15. The Hall–Kier alpha value is -1.39. The van der Waals surface area contributed by atoms with Crippen LogP contribution in [-0.4, -0.2) is 11.5 Å². The fourth-order valence-corrected chi connectivity index (χ4v) is 2.56. The molecule has 1 heterocycles. The van der Waals surface area contributed by atoms with Crippen LogP contribution in [-0.2, 0) is 6.54 Å². The Morgan fingerprint density at radius 2 is 2.06 bits per heavy atom. The SMILES string of the molecule is COc1c(C)cc(C)cc1-c1cc(CN)sn1. The van der Waals surface area contributed by atoms with Crippen LogP contribution >= 0.6 is 11.5 Å². The molecule has 0 radical (unpaired) electrons. The van der Waals surface area contributed by atoms with Gasteiger partial charge in [-0.25, -0.2) is 0 Å². The molecule has 0 spiro atoms. The van der Waals surface area contributed by atoms with Gasteiger partial charge in [-0.2, -0.15) is 4.37 Å². The summed E-state index contributed by atoms with van der Waals surface area (Å²) in [5, 5.41) is 0. The van der Waals surface area contributed by atoms with Crippen LogP contribution in [0.25, 0.3) is 11.3 Å². The Kier molecular flexibility index (Phi) is 3.45. The number of hydrogen-bond donors (Lipinski definition) is 1. The van der Waals surface area contributed by atoms with E-state index >= 15 is 0 Å². The Bertz CT molecular complexity index is 534. The molecule has 0 amide bonds. The number of hydrogen-bond acceptors (Lipinski definition) is 4. The molecule has 0 saturated heterocycles. The predicted octanol–water partition coefficient (Wildman–Crippen LogP) is 2.89. The van der Waals surface area contributed by atoms with Gasteiger partial charge < -0.3 is 10.5 Å². The number of aromatic nitrogens is 1. The first-order valence-corrected chi connectivity index (χ1v) is 6.24. The molecule has 0 aliphatic heterocycles. The van der Waals surface area contributed by atoms with Crippen molar-refractivity contribution in [2.75, 3.05) is 7.11 Å². The molecule has 0 saturated carbocycles. The highest BCUT2D eigenvalue weighted by Gasteiger charge is 2.12. The maximum absolute atomic E-state index is 5.61. The molecule has 1 aromatic heterocycles. The molecule has 1 aromatic carbocycles. The third kappa shape index (κ3) is 2.33. The fourth-order valence-electron chi connectivity index (χ4n) is 1.95. The molecule has 2 N–H and O–H groups in total. The summed E-state index contributed by atoms with van der Waals surface area (Å²) in [6.07, 6.45) is 0. The summed E-state index contributed by atoms with van der Waals surface area (Å²) in [5.41, 5.74) is 9.94. The van der Waals surface area contributed by atoms with Crippen LogP contribution in [0.3, 0.4) is 0 Å². The lowest BCUT2D eigenvalue weighted by Gasteiger charge is -2.10. The van der Waals surface area contributed by atoms with Crippen molar-refractivity contribution in [2.45, 2.75) is 20.4 Å². The lowest BCUT2D eigenvalue weighted by molar-refractivity contribution is 0.413. The van der Waals surface area contributed by atoms with Crippen molar-refractivity contribution >= 4 is 11.5 Å². The summed E-state index contributed by atoms with van der Waals surface area (Å²) in [6.45, 7) is 4.66. The van der Waals surface area contributed by atoms with E-state index in [9.17, 15) is 0 Å². The van der Waals surface area contributed by atoms with Crippen molar-refractivity contribution < 1.29 is 4.74 Å². The Labute approximate surface area is 105 Å². The Balaban J connectivity index is 2.57. The maximum atomic E-state index is 5.61. The topological polar surface area (TPSA) is 48.1 Å². The molecule has 0 unspecified atom stereocenters. The van der Waals surface area contributed by atoms with Crippen molar-refractivity contribution in [3.05, 3.63) is 34.2 Å². The van der Waals surface area contributed by atoms with Gasteiger partial charge in [0.2, 0.25) is 0 Å². The Morgan fingerprint density at radius 3 is 2.65 bits per heavy atom. The Morgan fingerprint density at radius 1 is 1.29 bits per heavy atom. The quantitative estimate of drug-likeness (QED) is 0.908. The minimum atomic E-state index is 0.533. The van der Waals surface area contributed by atoms with Crippen LogP contribution in [0.15, 0.2) is 18.2 Å². The average Bonchev–Trinajstić information content (AvgIpc) is 2.76. The summed E-state index contributed by atoms with van der Waals surface area (Å²) in [6, 6.07) is 6.24. The first-order valence-electron chi connectivity index (χ1n) is 5.47. The second-order valence-electron chi connectivity index (χ2n) is 4.05. The largest absolute Gasteiger partial charge is 0.496 e. The van der Waals surface area contributed by atoms with E-state index in [4.69, 9.17) is 10.5 Å². The first kappa shape index (κ1) is 12.1. The highest BCUT2D eigenvalue weighted by atomic mass is 32.1. The van der Waals surface area contributed by atoms with E-state index in [-0.39, 0.29) is 0 Å². The van der Waals surface area contributed by atoms with Gasteiger partial charge in [0.25, 0.3) is 0 Å². The van der Waals surface area contributed by atoms with Gasteiger partial charge in [0.05, 0.1) is 12.8 Å². The summed E-state index contributed by atoms with van der Waals surface area (Å²) in [4.78, 5) is 1.08. The van der Waals surface area contributed by atoms with Crippen molar-refractivity contribution in [1.82, 2.24) is 4.37 Å². The number of benzene rings is 1. The minimum Gasteiger partial charge on any atom is -0.496 e. The normalized spacial score (nSPS) is 10.6. The second kappa shape index (κ2) is 4.85. The van der Waals surface area contributed by atoms with E-state index in [2.05, 4.69) is 23.4 Å². The van der Waals surface area contributed by atoms with Gasteiger partial charge in [-0.1, -0.05) is 6.07 Å². The van der Waals surface area contributed by atoms with E-state index in [0.717, 1.165) is 27.4 Å². The molecule has 3 nitrogen and oxygen atoms in total. The standard InChI is InChI=1S/C13H16N2OS/c1-8-4-9(2)13(16-3)11(5-8)12-6-10(7-14)17-15-12/h4-6H,7,14H2,1-3H3. The van der Waals surface area contributed by atoms with Gasteiger partial charge in [-0.3, -0.25) is 0 Å².